The van der Waals surface area contributed by atoms with Crippen molar-refractivity contribution in [1.82, 2.24) is 5.43 Å². The monoisotopic (exact) mass is 268 g/mol. The van der Waals surface area contributed by atoms with E-state index < -0.39 is 0 Å². The van der Waals surface area contributed by atoms with E-state index in [0.717, 1.165) is 11.3 Å². The smallest absolute Gasteiger partial charge is 0.271 e. The zero-order valence-corrected chi connectivity index (χ0v) is 11.5. The molecule has 0 spiro atoms. The van der Waals surface area contributed by atoms with Crippen LogP contribution in [0.15, 0.2) is 59.7 Å². The molecular weight excluding hydrogens is 252 g/mol. The average molecular weight is 268 g/mol. The second-order valence-electron chi connectivity index (χ2n) is 4.24. The zero-order chi connectivity index (χ0) is 14.4. The normalized spacial score (nSPS) is 11.0. The maximum absolute atomic E-state index is 12.0. The van der Waals surface area contributed by atoms with Crippen molar-refractivity contribution in [1.29, 1.82) is 0 Å². The summed E-state index contributed by atoms with van der Waals surface area (Å²) in [4.78, 5) is 12.0. The number of carbonyl (C=O) groups excluding carboxylic acids is 1. The number of nitrogens with zero attached hydrogens (tertiary/aromatic N) is 1. The van der Waals surface area contributed by atoms with E-state index in [1.165, 1.54) is 0 Å². The summed E-state index contributed by atoms with van der Waals surface area (Å²) >= 11 is 0. The van der Waals surface area contributed by atoms with Crippen LogP contribution in [-0.4, -0.2) is 18.7 Å². The summed E-state index contributed by atoms with van der Waals surface area (Å²) in [5.41, 5.74) is 4.77. The number of hydrogen-bond acceptors (Lipinski definition) is 3. The highest BCUT2D eigenvalue weighted by molar-refractivity contribution is 6.00. The Bertz CT molecular complexity index is 621. The third-order valence-corrected chi connectivity index (χ3v) is 2.85. The fourth-order valence-corrected chi connectivity index (χ4v) is 1.71. The largest absolute Gasteiger partial charge is 0.497 e. The number of benzene rings is 2. The zero-order valence-electron chi connectivity index (χ0n) is 11.5. The number of nitrogens with one attached hydrogen (secondary N) is 1. The Morgan fingerprint density at radius 3 is 2.45 bits per heavy atom. The van der Waals surface area contributed by atoms with Gasteiger partial charge in [-0.05, 0) is 30.7 Å². The molecule has 0 saturated carbocycles. The molecule has 0 aliphatic rings. The van der Waals surface area contributed by atoms with E-state index >= 15 is 0 Å². The summed E-state index contributed by atoms with van der Waals surface area (Å²) in [6.45, 7) is 1.85. The van der Waals surface area contributed by atoms with Crippen molar-refractivity contribution >= 4 is 11.6 Å². The molecule has 2 aromatic rings. The number of rotatable bonds is 4. The molecule has 2 aromatic carbocycles. The van der Waals surface area contributed by atoms with Crippen LogP contribution in [-0.2, 0) is 0 Å². The molecule has 2 rings (SSSR count). The van der Waals surface area contributed by atoms with E-state index in [0.29, 0.717) is 11.3 Å². The van der Waals surface area contributed by atoms with Crippen molar-refractivity contribution in [2.75, 3.05) is 7.11 Å². The van der Waals surface area contributed by atoms with Gasteiger partial charge < -0.3 is 4.74 Å². The molecule has 4 nitrogen and oxygen atoms in total. The molecule has 0 atom stereocenters. The van der Waals surface area contributed by atoms with E-state index in [-0.39, 0.29) is 5.91 Å². The number of amides is 1. The van der Waals surface area contributed by atoms with E-state index in [1.54, 1.807) is 31.4 Å². The van der Waals surface area contributed by atoms with Gasteiger partial charge in [-0.1, -0.05) is 36.4 Å². The van der Waals surface area contributed by atoms with E-state index in [2.05, 4.69) is 10.5 Å². The lowest BCUT2D eigenvalue weighted by Crippen LogP contribution is -2.19. The van der Waals surface area contributed by atoms with Crippen LogP contribution in [0.2, 0.25) is 0 Å². The van der Waals surface area contributed by atoms with Crippen molar-refractivity contribution in [2.24, 2.45) is 5.10 Å². The van der Waals surface area contributed by atoms with Gasteiger partial charge in [-0.25, -0.2) is 5.43 Å². The predicted octanol–water partition coefficient (Wildman–Crippen LogP) is 2.85. The first kappa shape index (κ1) is 13.8. The van der Waals surface area contributed by atoms with Crippen LogP contribution in [0.4, 0.5) is 0 Å². The Morgan fingerprint density at radius 2 is 1.75 bits per heavy atom. The second kappa shape index (κ2) is 6.52. The van der Waals surface area contributed by atoms with Crippen LogP contribution in [0.1, 0.15) is 22.8 Å². The molecule has 1 amide bonds. The quantitative estimate of drug-likeness (QED) is 0.684. The summed E-state index contributed by atoms with van der Waals surface area (Å²) in [6.07, 6.45) is 0. The van der Waals surface area contributed by atoms with Gasteiger partial charge in [-0.15, -0.1) is 0 Å². The van der Waals surface area contributed by atoms with Gasteiger partial charge in [0.15, 0.2) is 0 Å². The van der Waals surface area contributed by atoms with Gasteiger partial charge >= 0.3 is 0 Å². The minimum atomic E-state index is -0.265. The molecule has 4 heteroatoms. The summed E-state index contributed by atoms with van der Waals surface area (Å²) in [6, 6.07) is 16.6. The highest BCUT2D eigenvalue weighted by Gasteiger charge is 2.05. The first-order chi connectivity index (χ1) is 9.70. The SMILES string of the molecule is COc1cccc(C(=O)N/N=C(/C)c2ccccc2)c1. The van der Waals surface area contributed by atoms with Crippen LogP contribution >= 0.6 is 0 Å². The van der Waals surface area contributed by atoms with Crippen molar-refractivity contribution in [3.8, 4) is 5.75 Å². The predicted molar refractivity (Wildman–Crippen MR) is 79.1 cm³/mol. The van der Waals surface area contributed by atoms with E-state index in [4.69, 9.17) is 4.74 Å². The number of ether oxygens (including phenoxy) is 1. The number of hydrogen-bond donors (Lipinski definition) is 1. The Hall–Kier alpha value is -2.62. The molecule has 20 heavy (non-hydrogen) atoms. The van der Waals surface area contributed by atoms with Crippen LogP contribution < -0.4 is 10.2 Å². The second-order valence-corrected chi connectivity index (χ2v) is 4.24. The van der Waals surface area contributed by atoms with Crippen molar-refractivity contribution in [3.05, 3.63) is 65.7 Å². The Labute approximate surface area is 118 Å². The molecule has 0 aliphatic heterocycles. The molecule has 1 N–H and O–H groups in total. The Morgan fingerprint density at radius 1 is 1.05 bits per heavy atom. The standard InChI is InChI=1S/C16H16N2O2/c1-12(13-7-4-3-5-8-13)17-18-16(19)14-9-6-10-15(11-14)20-2/h3-11H,1-2H3,(H,18,19)/b17-12-. The van der Waals surface area contributed by atoms with Crippen molar-refractivity contribution in [2.45, 2.75) is 6.92 Å². The fourth-order valence-electron chi connectivity index (χ4n) is 1.71. The van der Waals surface area contributed by atoms with Gasteiger partial charge in [0.05, 0.1) is 12.8 Å². The summed E-state index contributed by atoms with van der Waals surface area (Å²) < 4.78 is 5.08. The average Bonchev–Trinajstić information content (AvgIpc) is 2.53. The van der Waals surface area contributed by atoms with E-state index in [9.17, 15) is 4.79 Å². The van der Waals surface area contributed by atoms with Crippen molar-refractivity contribution in [3.63, 3.8) is 0 Å². The molecule has 0 saturated heterocycles. The maximum Gasteiger partial charge on any atom is 0.271 e. The van der Waals surface area contributed by atoms with Crippen LogP contribution in [0.3, 0.4) is 0 Å². The Kier molecular flexibility index (Phi) is 4.50. The molecule has 0 aliphatic carbocycles. The minimum absolute atomic E-state index is 0.265. The van der Waals surface area contributed by atoms with Gasteiger partial charge in [-0.3, -0.25) is 4.79 Å². The summed E-state index contributed by atoms with van der Waals surface area (Å²) in [5.74, 6) is 0.376. The fraction of sp³-hybridized carbons (Fsp3) is 0.125. The number of carbonyl (C=O) groups is 1. The lowest BCUT2D eigenvalue weighted by molar-refractivity contribution is 0.0954. The minimum Gasteiger partial charge on any atom is -0.497 e. The summed E-state index contributed by atoms with van der Waals surface area (Å²) in [7, 11) is 1.56. The lowest BCUT2D eigenvalue weighted by atomic mass is 10.1. The van der Waals surface area contributed by atoms with Gasteiger partial charge in [0.2, 0.25) is 0 Å². The van der Waals surface area contributed by atoms with Crippen LogP contribution in [0, 0.1) is 0 Å². The lowest BCUT2D eigenvalue weighted by Gasteiger charge is -2.04. The number of methoxy groups -OCH3 is 1. The molecule has 0 aromatic heterocycles. The maximum atomic E-state index is 12.0. The Balaban J connectivity index is 2.08. The topological polar surface area (TPSA) is 50.7 Å². The molecule has 0 bridgehead atoms. The van der Waals surface area contributed by atoms with Gasteiger partial charge in [0.1, 0.15) is 5.75 Å². The molecule has 0 heterocycles. The van der Waals surface area contributed by atoms with Crippen LogP contribution in [0.25, 0.3) is 0 Å². The molecular formula is C16H16N2O2. The highest BCUT2D eigenvalue weighted by atomic mass is 16.5. The molecule has 0 radical (unpaired) electrons. The third-order valence-electron chi connectivity index (χ3n) is 2.85. The molecule has 0 fully saturated rings. The van der Waals surface area contributed by atoms with Gasteiger partial charge in [0, 0.05) is 5.56 Å². The molecule has 0 unspecified atom stereocenters. The highest BCUT2D eigenvalue weighted by Crippen LogP contribution is 2.12. The first-order valence-electron chi connectivity index (χ1n) is 6.25. The third kappa shape index (κ3) is 3.45. The first-order valence-corrected chi connectivity index (χ1v) is 6.25. The van der Waals surface area contributed by atoms with Crippen molar-refractivity contribution < 1.29 is 9.53 Å². The summed E-state index contributed by atoms with van der Waals surface area (Å²) in [5, 5.41) is 4.10. The van der Waals surface area contributed by atoms with E-state index in [1.807, 2.05) is 37.3 Å². The van der Waals surface area contributed by atoms with Gasteiger partial charge in [-0.2, -0.15) is 5.10 Å². The number of hydrazone groups is 1. The molecule has 102 valence electrons. The van der Waals surface area contributed by atoms with Gasteiger partial charge in [0.25, 0.3) is 5.91 Å². The van der Waals surface area contributed by atoms with Crippen LogP contribution in [0.5, 0.6) is 5.75 Å².